The molecule has 1 fully saturated rings. The summed E-state index contributed by atoms with van der Waals surface area (Å²) in [5.41, 5.74) is 1.59. The van der Waals surface area contributed by atoms with Crippen molar-refractivity contribution in [3.63, 3.8) is 0 Å². The number of pyridine rings is 1. The van der Waals surface area contributed by atoms with E-state index in [0.717, 1.165) is 16.9 Å². The first kappa shape index (κ1) is 18.4. The lowest BCUT2D eigenvalue weighted by atomic mass is 9.73. The van der Waals surface area contributed by atoms with Crippen molar-refractivity contribution in [2.24, 2.45) is 5.41 Å². The molecule has 3 heterocycles. The molecule has 1 aliphatic rings. The first-order valence-corrected chi connectivity index (χ1v) is 9.45. The van der Waals surface area contributed by atoms with Gasteiger partial charge in [0.05, 0.1) is 11.6 Å². The monoisotopic (exact) mass is 393 g/mol. The van der Waals surface area contributed by atoms with Crippen LogP contribution in [0.4, 0.5) is 5.82 Å². The summed E-state index contributed by atoms with van der Waals surface area (Å²) in [6.07, 6.45) is 9.13. The SMILES string of the molecule is O=C(NCc1ccncc1)C1(Cc2ccc(Cl)cc2)CN(c2cnccn2)C1. The summed E-state index contributed by atoms with van der Waals surface area (Å²) < 4.78 is 0. The molecule has 0 unspecified atom stereocenters. The Morgan fingerprint density at radius 2 is 1.75 bits per heavy atom. The Kier molecular flexibility index (Phi) is 5.21. The maximum atomic E-state index is 13.2. The van der Waals surface area contributed by atoms with Gasteiger partial charge in [0, 0.05) is 49.4 Å². The maximum Gasteiger partial charge on any atom is 0.230 e. The van der Waals surface area contributed by atoms with E-state index in [1.54, 1.807) is 31.0 Å². The van der Waals surface area contributed by atoms with E-state index < -0.39 is 5.41 Å². The van der Waals surface area contributed by atoms with Gasteiger partial charge in [0.1, 0.15) is 5.82 Å². The molecule has 142 valence electrons. The molecule has 1 N–H and O–H groups in total. The number of anilines is 1. The van der Waals surface area contributed by atoms with Gasteiger partial charge in [-0.2, -0.15) is 0 Å². The molecule has 0 radical (unpaired) electrons. The highest BCUT2D eigenvalue weighted by molar-refractivity contribution is 6.30. The summed E-state index contributed by atoms with van der Waals surface area (Å²) in [5, 5.41) is 3.78. The molecule has 1 saturated heterocycles. The summed E-state index contributed by atoms with van der Waals surface area (Å²) in [5.74, 6) is 0.829. The van der Waals surface area contributed by atoms with Crippen molar-refractivity contribution in [3.8, 4) is 0 Å². The van der Waals surface area contributed by atoms with E-state index in [2.05, 4.69) is 25.2 Å². The number of benzene rings is 1. The van der Waals surface area contributed by atoms with Crippen molar-refractivity contribution < 1.29 is 4.79 Å². The van der Waals surface area contributed by atoms with Gasteiger partial charge in [0.15, 0.2) is 0 Å². The molecule has 6 nitrogen and oxygen atoms in total. The molecule has 3 aromatic rings. The standard InChI is InChI=1S/C21H20ClN5O/c22-18-3-1-16(2-4-18)11-21(14-27(15-21)19-13-24-9-10-25-19)20(28)26-12-17-5-7-23-8-6-17/h1-10,13H,11-12,14-15H2,(H,26,28). The van der Waals surface area contributed by atoms with E-state index in [1.807, 2.05) is 36.4 Å². The zero-order valence-corrected chi connectivity index (χ0v) is 16.0. The number of halogens is 1. The first-order chi connectivity index (χ1) is 13.6. The van der Waals surface area contributed by atoms with Crippen LogP contribution in [-0.4, -0.2) is 33.9 Å². The van der Waals surface area contributed by atoms with Crippen LogP contribution in [0.2, 0.25) is 5.02 Å². The van der Waals surface area contributed by atoms with Crippen LogP contribution in [0, 0.1) is 5.41 Å². The third-order valence-corrected chi connectivity index (χ3v) is 5.25. The number of aromatic nitrogens is 3. The van der Waals surface area contributed by atoms with Crippen LogP contribution in [0.5, 0.6) is 0 Å². The summed E-state index contributed by atoms with van der Waals surface area (Å²) in [6, 6.07) is 11.5. The minimum atomic E-state index is -0.515. The molecule has 4 rings (SSSR count). The lowest BCUT2D eigenvalue weighted by molar-refractivity contribution is -0.132. The first-order valence-electron chi connectivity index (χ1n) is 9.07. The van der Waals surface area contributed by atoms with Gasteiger partial charge in [-0.05, 0) is 41.8 Å². The van der Waals surface area contributed by atoms with Crippen LogP contribution in [0.3, 0.4) is 0 Å². The van der Waals surface area contributed by atoms with E-state index in [4.69, 9.17) is 11.6 Å². The van der Waals surface area contributed by atoms with Crippen LogP contribution >= 0.6 is 11.6 Å². The molecule has 0 saturated carbocycles. The largest absolute Gasteiger partial charge is 0.353 e. The van der Waals surface area contributed by atoms with Crippen LogP contribution in [0.15, 0.2) is 67.4 Å². The number of rotatable bonds is 6. The minimum Gasteiger partial charge on any atom is -0.353 e. The van der Waals surface area contributed by atoms with Crippen molar-refractivity contribution in [2.45, 2.75) is 13.0 Å². The predicted octanol–water partition coefficient (Wildman–Crippen LogP) is 2.89. The van der Waals surface area contributed by atoms with Crippen molar-refractivity contribution in [1.29, 1.82) is 0 Å². The molecular weight excluding hydrogens is 374 g/mol. The number of nitrogens with zero attached hydrogens (tertiary/aromatic N) is 4. The van der Waals surface area contributed by atoms with Gasteiger partial charge in [0.2, 0.25) is 5.91 Å². The topological polar surface area (TPSA) is 71.0 Å². The number of nitrogens with one attached hydrogen (secondary N) is 1. The van der Waals surface area contributed by atoms with Crippen LogP contribution < -0.4 is 10.2 Å². The van der Waals surface area contributed by atoms with E-state index >= 15 is 0 Å². The van der Waals surface area contributed by atoms with Gasteiger partial charge in [0.25, 0.3) is 0 Å². The van der Waals surface area contributed by atoms with Gasteiger partial charge >= 0.3 is 0 Å². The quantitative estimate of drug-likeness (QED) is 0.697. The summed E-state index contributed by atoms with van der Waals surface area (Å²) >= 11 is 6.01. The second kappa shape index (κ2) is 7.94. The third-order valence-electron chi connectivity index (χ3n) is 5.00. The molecule has 0 bridgehead atoms. The molecule has 0 aliphatic carbocycles. The fourth-order valence-corrected chi connectivity index (χ4v) is 3.63. The van der Waals surface area contributed by atoms with Gasteiger partial charge in [-0.3, -0.25) is 14.8 Å². The Bertz CT molecular complexity index is 928. The average molecular weight is 394 g/mol. The smallest absolute Gasteiger partial charge is 0.230 e. The Hall–Kier alpha value is -2.99. The fraction of sp³-hybridized carbons (Fsp3) is 0.238. The number of carbonyl (C=O) groups excluding carboxylic acids is 1. The Morgan fingerprint density at radius 3 is 2.43 bits per heavy atom. The summed E-state index contributed by atoms with van der Waals surface area (Å²) in [4.78, 5) is 27.7. The zero-order valence-electron chi connectivity index (χ0n) is 15.3. The Morgan fingerprint density at radius 1 is 1.00 bits per heavy atom. The zero-order chi connectivity index (χ0) is 19.4. The fourth-order valence-electron chi connectivity index (χ4n) is 3.50. The second-order valence-electron chi connectivity index (χ2n) is 7.04. The van der Waals surface area contributed by atoms with Gasteiger partial charge in [-0.1, -0.05) is 23.7 Å². The van der Waals surface area contributed by atoms with Crippen LogP contribution in [-0.2, 0) is 17.8 Å². The summed E-state index contributed by atoms with van der Waals surface area (Å²) in [7, 11) is 0. The van der Waals surface area contributed by atoms with E-state index in [-0.39, 0.29) is 5.91 Å². The number of hydrogen-bond donors (Lipinski definition) is 1. The molecule has 1 aliphatic heterocycles. The third kappa shape index (κ3) is 3.97. The molecule has 1 aromatic carbocycles. The number of carbonyl (C=O) groups is 1. The average Bonchev–Trinajstić information content (AvgIpc) is 2.71. The van der Waals surface area contributed by atoms with Gasteiger partial charge in [-0.15, -0.1) is 0 Å². The van der Waals surface area contributed by atoms with Crippen LogP contribution in [0.25, 0.3) is 0 Å². The number of amides is 1. The molecule has 0 spiro atoms. The number of hydrogen-bond acceptors (Lipinski definition) is 5. The second-order valence-corrected chi connectivity index (χ2v) is 7.48. The highest BCUT2D eigenvalue weighted by atomic mass is 35.5. The predicted molar refractivity (Wildman–Crippen MR) is 108 cm³/mol. The molecule has 1 amide bonds. The lowest BCUT2D eigenvalue weighted by Gasteiger charge is -2.49. The highest BCUT2D eigenvalue weighted by Crippen LogP contribution is 2.37. The molecule has 0 atom stereocenters. The Labute approximate surface area is 168 Å². The Balaban J connectivity index is 1.50. The molecule has 28 heavy (non-hydrogen) atoms. The van der Waals surface area contributed by atoms with Crippen LogP contribution in [0.1, 0.15) is 11.1 Å². The van der Waals surface area contributed by atoms with Crippen molar-refractivity contribution >= 4 is 23.3 Å². The molecule has 2 aromatic heterocycles. The molecular formula is C21H20ClN5O. The van der Waals surface area contributed by atoms with E-state index in [9.17, 15) is 4.79 Å². The van der Waals surface area contributed by atoms with Gasteiger partial charge < -0.3 is 10.2 Å². The van der Waals surface area contributed by atoms with Gasteiger partial charge in [-0.25, -0.2) is 4.98 Å². The normalized spacial score (nSPS) is 15.0. The van der Waals surface area contributed by atoms with Crippen molar-refractivity contribution in [3.05, 3.63) is 83.5 Å². The van der Waals surface area contributed by atoms with E-state index in [1.165, 1.54) is 0 Å². The molecule has 7 heteroatoms. The van der Waals surface area contributed by atoms with Crippen molar-refractivity contribution in [2.75, 3.05) is 18.0 Å². The lowest BCUT2D eigenvalue weighted by Crippen LogP contribution is -2.64. The maximum absolute atomic E-state index is 13.2. The highest BCUT2D eigenvalue weighted by Gasteiger charge is 2.49. The van der Waals surface area contributed by atoms with E-state index in [0.29, 0.717) is 31.1 Å². The minimum absolute atomic E-state index is 0.0411. The summed E-state index contributed by atoms with van der Waals surface area (Å²) in [6.45, 7) is 1.67. The van der Waals surface area contributed by atoms with Crippen molar-refractivity contribution in [1.82, 2.24) is 20.3 Å².